The van der Waals surface area contributed by atoms with Crippen LogP contribution in [0.1, 0.15) is 40.3 Å². The fraction of sp³-hybridized carbons (Fsp3) is 0.393. The van der Waals surface area contributed by atoms with E-state index >= 15 is 4.39 Å². The molecule has 194 valence electrons. The van der Waals surface area contributed by atoms with Gasteiger partial charge in [0.05, 0.1) is 23.5 Å². The highest BCUT2D eigenvalue weighted by molar-refractivity contribution is 5.85. The SMILES string of the molecule is Cc1cn2cc(-c3ccc4cc(N5C[C@@H](C)N(C(=O)OC(C)(C)C)[C@@H](C)C5)cc(F)c4n3)cc(F)c2n1. The summed E-state index contributed by atoms with van der Waals surface area (Å²) in [6.45, 7) is 12.4. The van der Waals surface area contributed by atoms with Crippen molar-refractivity contribution in [1.82, 2.24) is 19.3 Å². The van der Waals surface area contributed by atoms with E-state index in [-0.39, 0.29) is 29.3 Å². The van der Waals surface area contributed by atoms with E-state index in [1.807, 2.05) is 40.7 Å². The standard InChI is InChI=1S/C28H31F2N5O2/c1-16-12-34-15-20(10-23(30)26(34)31-16)24-8-7-19-9-21(11-22(29)25(19)32-24)33-13-17(2)35(18(3)14-33)27(36)37-28(4,5)6/h7-12,15,17-18H,13-14H2,1-6H3/t17-,18+. The van der Waals surface area contributed by atoms with E-state index in [2.05, 4.69) is 14.9 Å². The fourth-order valence-electron chi connectivity index (χ4n) is 5.05. The van der Waals surface area contributed by atoms with E-state index in [0.717, 1.165) is 5.69 Å². The van der Waals surface area contributed by atoms with Gasteiger partial charge in [0.25, 0.3) is 0 Å². The Balaban J connectivity index is 1.42. The molecule has 1 amide bonds. The molecule has 1 aliphatic rings. The minimum atomic E-state index is -0.573. The average Bonchev–Trinajstić information content (AvgIpc) is 3.18. The highest BCUT2D eigenvalue weighted by Crippen LogP contribution is 2.30. The number of hydrogen-bond donors (Lipinski definition) is 0. The number of fused-ring (bicyclic) bond motifs is 2. The molecule has 1 aliphatic heterocycles. The molecule has 0 bridgehead atoms. The van der Waals surface area contributed by atoms with Crippen LogP contribution in [0.15, 0.2) is 42.7 Å². The maximum Gasteiger partial charge on any atom is 0.410 e. The number of carbonyl (C=O) groups is 1. The molecule has 0 radical (unpaired) electrons. The van der Waals surface area contributed by atoms with E-state index in [1.165, 1.54) is 12.1 Å². The van der Waals surface area contributed by atoms with Crippen molar-refractivity contribution in [2.24, 2.45) is 0 Å². The zero-order chi connectivity index (χ0) is 26.6. The zero-order valence-corrected chi connectivity index (χ0v) is 21.9. The Morgan fingerprint density at radius 3 is 2.38 bits per heavy atom. The van der Waals surface area contributed by atoms with Crippen LogP contribution in [0.25, 0.3) is 27.8 Å². The van der Waals surface area contributed by atoms with Gasteiger partial charge in [0.1, 0.15) is 11.1 Å². The highest BCUT2D eigenvalue weighted by atomic mass is 19.1. The first-order valence-electron chi connectivity index (χ1n) is 12.4. The number of rotatable bonds is 2. The number of carbonyl (C=O) groups excluding carboxylic acids is 1. The Bertz CT molecular complexity index is 1500. The molecule has 5 rings (SSSR count). The lowest BCUT2D eigenvalue weighted by molar-refractivity contribution is 0.00565. The summed E-state index contributed by atoms with van der Waals surface area (Å²) in [5.74, 6) is -0.915. The maximum absolute atomic E-state index is 15.4. The molecule has 0 aliphatic carbocycles. The number of pyridine rings is 2. The minimum Gasteiger partial charge on any atom is -0.444 e. The highest BCUT2D eigenvalue weighted by Gasteiger charge is 2.35. The van der Waals surface area contributed by atoms with Crippen LogP contribution in [-0.4, -0.2) is 56.1 Å². The Morgan fingerprint density at radius 1 is 1.00 bits per heavy atom. The van der Waals surface area contributed by atoms with Crippen LogP contribution < -0.4 is 4.90 Å². The molecule has 9 heteroatoms. The van der Waals surface area contributed by atoms with Gasteiger partial charge in [-0.05, 0) is 65.8 Å². The quantitative estimate of drug-likeness (QED) is 0.335. The number of halogens is 2. The van der Waals surface area contributed by atoms with Gasteiger partial charge in [-0.25, -0.2) is 23.5 Å². The van der Waals surface area contributed by atoms with Crippen molar-refractivity contribution in [2.45, 2.75) is 59.2 Å². The second-order valence-electron chi connectivity index (χ2n) is 10.9. The average molecular weight is 508 g/mol. The van der Waals surface area contributed by atoms with Crippen LogP contribution >= 0.6 is 0 Å². The van der Waals surface area contributed by atoms with E-state index < -0.39 is 17.2 Å². The van der Waals surface area contributed by atoms with Crippen LogP contribution in [-0.2, 0) is 4.74 Å². The van der Waals surface area contributed by atoms with Crippen LogP contribution in [0.5, 0.6) is 0 Å². The van der Waals surface area contributed by atoms with Crippen molar-refractivity contribution >= 4 is 28.3 Å². The van der Waals surface area contributed by atoms with Crippen LogP contribution in [0, 0.1) is 18.6 Å². The fourth-order valence-corrected chi connectivity index (χ4v) is 5.05. The summed E-state index contributed by atoms with van der Waals surface area (Å²) in [6, 6.07) is 8.08. The smallest absolute Gasteiger partial charge is 0.410 e. The van der Waals surface area contributed by atoms with Crippen molar-refractivity contribution in [3.8, 4) is 11.3 Å². The summed E-state index contributed by atoms with van der Waals surface area (Å²) < 4.78 is 37.2. The predicted octanol–water partition coefficient (Wildman–Crippen LogP) is 5.97. The number of piperazine rings is 1. The Labute approximate surface area is 214 Å². The number of benzene rings is 1. The zero-order valence-electron chi connectivity index (χ0n) is 21.9. The molecular weight excluding hydrogens is 476 g/mol. The largest absolute Gasteiger partial charge is 0.444 e. The lowest BCUT2D eigenvalue weighted by atomic mass is 10.1. The second-order valence-corrected chi connectivity index (χ2v) is 10.9. The lowest BCUT2D eigenvalue weighted by Gasteiger charge is -2.45. The van der Waals surface area contributed by atoms with E-state index in [0.29, 0.717) is 35.4 Å². The van der Waals surface area contributed by atoms with Crippen LogP contribution in [0.2, 0.25) is 0 Å². The summed E-state index contributed by atoms with van der Waals surface area (Å²) in [5.41, 5.74) is 2.33. The molecule has 0 spiro atoms. The maximum atomic E-state index is 15.4. The molecule has 3 aromatic heterocycles. The molecular formula is C28H31F2N5O2. The van der Waals surface area contributed by atoms with Crippen molar-refractivity contribution in [1.29, 1.82) is 0 Å². The third-order valence-electron chi connectivity index (χ3n) is 6.54. The monoisotopic (exact) mass is 507 g/mol. The summed E-state index contributed by atoms with van der Waals surface area (Å²) in [5, 5.41) is 0.647. The van der Waals surface area contributed by atoms with Gasteiger partial charge in [-0.3, -0.25) is 4.90 Å². The summed E-state index contributed by atoms with van der Waals surface area (Å²) in [7, 11) is 0. The Morgan fingerprint density at radius 2 is 1.70 bits per heavy atom. The molecule has 0 N–H and O–H groups in total. The van der Waals surface area contributed by atoms with Gasteiger partial charge >= 0.3 is 6.09 Å². The number of anilines is 1. The van der Waals surface area contributed by atoms with Crippen molar-refractivity contribution < 1.29 is 18.3 Å². The van der Waals surface area contributed by atoms with E-state index in [1.54, 1.807) is 40.8 Å². The molecule has 2 atom stereocenters. The van der Waals surface area contributed by atoms with Gasteiger partial charge < -0.3 is 14.0 Å². The van der Waals surface area contributed by atoms with Crippen molar-refractivity contribution in [3.63, 3.8) is 0 Å². The first-order valence-corrected chi connectivity index (χ1v) is 12.4. The molecule has 4 heterocycles. The summed E-state index contributed by atoms with van der Waals surface area (Å²) >= 11 is 0. The number of aromatic nitrogens is 3. The molecule has 1 aromatic carbocycles. The molecule has 1 fully saturated rings. The number of amides is 1. The topological polar surface area (TPSA) is 63.0 Å². The first-order chi connectivity index (χ1) is 17.4. The van der Waals surface area contributed by atoms with Crippen LogP contribution in [0.4, 0.5) is 19.3 Å². The summed E-state index contributed by atoms with van der Waals surface area (Å²) in [4.78, 5) is 25.3. The van der Waals surface area contributed by atoms with Gasteiger partial charge in [-0.1, -0.05) is 6.07 Å². The van der Waals surface area contributed by atoms with Gasteiger partial charge in [0, 0.05) is 42.1 Å². The normalized spacial score (nSPS) is 18.6. The molecule has 0 saturated carbocycles. The Kier molecular flexibility index (Phi) is 6.04. The van der Waals surface area contributed by atoms with E-state index in [9.17, 15) is 9.18 Å². The van der Waals surface area contributed by atoms with Crippen molar-refractivity contribution in [3.05, 3.63) is 60.1 Å². The first kappa shape index (κ1) is 24.9. The van der Waals surface area contributed by atoms with Crippen molar-refractivity contribution in [2.75, 3.05) is 18.0 Å². The number of nitrogens with zero attached hydrogens (tertiary/aromatic N) is 5. The van der Waals surface area contributed by atoms with E-state index in [4.69, 9.17) is 4.74 Å². The van der Waals surface area contributed by atoms with Gasteiger partial charge in [0.15, 0.2) is 17.3 Å². The van der Waals surface area contributed by atoms with Crippen LogP contribution in [0.3, 0.4) is 0 Å². The number of imidazole rings is 1. The molecule has 37 heavy (non-hydrogen) atoms. The Hall–Kier alpha value is -3.75. The second kappa shape index (κ2) is 8.97. The van der Waals surface area contributed by atoms with Gasteiger partial charge in [-0.15, -0.1) is 0 Å². The number of hydrogen-bond acceptors (Lipinski definition) is 5. The third-order valence-corrected chi connectivity index (χ3v) is 6.54. The van der Waals surface area contributed by atoms with Gasteiger partial charge in [0.2, 0.25) is 0 Å². The molecule has 0 unspecified atom stereocenters. The third kappa shape index (κ3) is 4.82. The molecule has 7 nitrogen and oxygen atoms in total. The molecule has 4 aromatic rings. The predicted molar refractivity (Wildman–Crippen MR) is 140 cm³/mol. The molecule has 1 saturated heterocycles. The lowest BCUT2D eigenvalue weighted by Crippen LogP contribution is -2.59. The number of aryl methyl sites for hydroxylation is 1. The minimum absolute atomic E-state index is 0.116. The number of ether oxygens (including phenoxy) is 1. The summed E-state index contributed by atoms with van der Waals surface area (Å²) in [6.07, 6.45) is 3.14. The van der Waals surface area contributed by atoms with Gasteiger partial charge in [-0.2, -0.15) is 0 Å².